The molecule has 1 aliphatic rings. The maximum atomic E-state index is 13.0. The number of hydrogen-bond donors (Lipinski definition) is 3. The Morgan fingerprint density at radius 3 is 2.03 bits per heavy atom. The van der Waals surface area contributed by atoms with Gasteiger partial charge in [-0.05, 0) is 34.1 Å². The van der Waals surface area contributed by atoms with Gasteiger partial charge in [0, 0.05) is 12.0 Å². The third kappa shape index (κ3) is 5.95. The molecule has 182 valence electrons. The molecule has 1 unspecified atom stereocenters. The first-order valence-electron chi connectivity index (χ1n) is 11.8. The zero-order valence-electron chi connectivity index (χ0n) is 20.3. The van der Waals surface area contributed by atoms with E-state index in [0.717, 1.165) is 28.7 Å². The van der Waals surface area contributed by atoms with Gasteiger partial charge >= 0.3 is 12.1 Å². The SMILES string of the molecule is CCC[C@@H](CC(=O)O)NC(=O)C(NC(=O)OCC1c2ccccc2-c2ccccc21)C(C)(C)C. The van der Waals surface area contributed by atoms with Crippen molar-refractivity contribution >= 4 is 18.0 Å². The molecule has 0 spiro atoms. The normalized spacial score (nSPS) is 14.5. The summed E-state index contributed by atoms with van der Waals surface area (Å²) in [6, 6.07) is 14.8. The lowest BCUT2D eigenvalue weighted by atomic mass is 9.86. The van der Waals surface area contributed by atoms with Gasteiger partial charge in [-0.3, -0.25) is 9.59 Å². The molecule has 2 atom stereocenters. The number of carboxylic acids is 1. The predicted octanol–water partition coefficient (Wildman–Crippen LogP) is 4.70. The molecule has 0 heterocycles. The molecule has 2 amide bonds. The number of alkyl carbamates (subject to hydrolysis) is 1. The second kappa shape index (κ2) is 10.7. The maximum absolute atomic E-state index is 13.0. The number of amides is 2. The maximum Gasteiger partial charge on any atom is 0.407 e. The number of carboxylic acid groups (broad SMARTS) is 1. The van der Waals surface area contributed by atoms with E-state index in [1.807, 2.05) is 64.1 Å². The van der Waals surface area contributed by atoms with Crippen molar-refractivity contribution in [1.82, 2.24) is 10.6 Å². The fourth-order valence-corrected chi connectivity index (χ4v) is 4.50. The molecule has 3 N–H and O–H groups in total. The van der Waals surface area contributed by atoms with Crippen molar-refractivity contribution in [2.75, 3.05) is 6.61 Å². The van der Waals surface area contributed by atoms with Crippen molar-refractivity contribution in [1.29, 1.82) is 0 Å². The van der Waals surface area contributed by atoms with Crippen molar-refractivity contribution in [3.05, 3.63) is 59.7 Å². The van der Waals surface area contributed by atoms with Crippen LogP contribution in [-0.4, -0.2) is 41.8 Å². The average molecular weight is 467 g/mol. The van der Waals surface area contributed by atoms with Gasteiger partial charge in [0.25, 0.3) is 0 Å². The van der Waals surface area contributed by atoms with Crippen LogP contribution in [0.1, 0.15) is 64.0 Å². The van der Waals surface area contributed by atoms with Crippen LogP contribution in [0.15, 0.2) is 48.5 Å². The Balaban J connectivity index is 1.68. The molecule has 2 aromatic rings. The van der Waals surface area contributed by atoms with Gasteiger partial charge in [-0.25, -0.2) is 4.79 Å². The molecule has 0 saturated heterocycles. The van der Waals surface area contributed by atoms with Gasteiger partial charge in [0.2, 0.25) is 5.91 Å². The van der Waals surface area contributed by atoms with Crippen molar-refractivity contribution in [3.8, 4) is 11.1 Å². The van der Waals surface area contributed by atoms with Crippen LogP contribution in [-0.2, 0) is 14.3 Å². The molecule has 7 nitrogen and oxygen atoms in total. The number of hydrogen-bond acceptors (Lipinski definition) is 4. The highest BCUT2D eigenvalue weighted by Crippen LogP contribution is 2.44. The van der Waals surface area contributed by atoms with Crippen molar-refractivity contribution in [2.45, 2.75) is 65.0 Å². The summed E-state index contributed by atoms with van der Waals surface area (Å²) in [4.78, 5) is 36.9. The zero-order chi connectivity index (χ0) is 24.9. The van der Waals surface area contributed by atoms with Gasteiger partial charge in [0.1, 0.15) is 12.6 Å². The number of nitrogens with one attached hydrogen (secondary N) is 2. The summed E-state index contributed by atoms with van der Waals surface area (Å²) < 4.78 is 5.61. The van der Waals surface area contributed by atoms with E-state index < -0.39 is 35.5 Å². The van der Waals surface area contributed by atoms with E-state index in [2.05, 4.69) is 22.8 Å². The Morgan fingerprint density at radius 1 is 0.971 bits per heavy atom. The van der Waals surface area contributed by atoms with Crippen molar-refractivity contribution in [2.24, 2.45) is 5.41 Å². The van der Waals surface area contributed by atoms with Gasteiger partial charge in [-0.1, -0.05) is 82.6 Å². The first-order chi connectivity index (χ1) is 16.1. The second-order valence-corrected chi connectivity index (χ2v) is 9.86. The van der Waals surface area contributed by atoms with Gasteiger partial charge in [-0.15, -0.1) is 0 Å². The van der Waals surface area contributed by atoms with Crippen LogP contribution in [0.5, 0.6) is 0 Å². The minimum atomic E-state index is -0.976. The smallest absolute Gasteiger partial charge is 0.407 e. The first-order valence-corrected chi connectivity index (χ1v) is 11.8. The van der Waals surface area contributed by atoms with Crippen molar-refractivity contribution < 1.29 is 24.2 Å². The average Bonchev–Trinajstić information content (AvgIpc) is 3.08. The predicted molar refractivity (Wildman–Crippen MR) is 131 cm³/mol. The molecule has 0 fully saturated rings. The number of benzene rings is 2. The first kappa shape index (κ1) is 25.3. The highest BCUT2D eigenvalue weighted by molar-refractivity contribution is 5.87. The Kier molecular flexibility index (Phi) is 7.97. The van der Waals surface area contributed by atoms with E-state index in [1.165, 1.54) is 0 Å². The molecular weight excluding hydrogens is 432 g/mol. The van der Waals surface area contributed by atoms with Crippen LogP contribution in [0.4, 0.5) is 4.79 Å². The molecular formula is C27H34N2O5. The van der Waals surface area contributed by atoms with Crippen LogP contribution < -0.4 is 10.6 Å². The summed E-state index contributed by atoms with van der Waals surface area (Å²) in [7, 11) is 0. The topological polar surface area (TPSA) is 105 Å². The molecule has 0 aromatic heterocycles. The minimum absolute atomic E-state index is 0.0791. The van der Waals surface area contributed by atoms with E-state index in [-0.39, 0.29) is 18.9 Å². The third-order valence-electron chi connectivity index (χ3n) is 6.14. The van der Waals surface area contributed by atoms with E-state index >= 15 is 0 Å². The number of carbonyl (C=O) groups is 3. The molecule has 0 aliphatic heterocycles. The monoisotopic (exact) mass is 466 g/mol. The standard InChI is InChI=1S/C27H34N2O5/c1-5-10-17(15-23(30)31)28-25(32)24(27(2,3)4)29-26(33)34-16-22-20-13-8-6-11-18(20)19-12-7-9-14-21(19)22/h6-9,11-14,17,22,24H,5,10,15-16H2,1-4H3,(H,28,32)(H,29,33)(H,30,31)/t17-,24?/m0/s1. The van der Waals surface area contributed by atoms with E-state index in [0.29, 0.717) is 6.42 Å². The molecule has 2 aromatic carbocycles. The molecule has 7 heteroatoms. The highest BCUT2D eigenvalue weighted by Gasteiger charge is 2.35. The Labute approximate surface area is 200 Å². The number of aliphatic carboxylic acids is 1. The number of ether oxygens (including phenoxy) is 1. The largest absolute Gasteiger partial charge is 0.481 e. The summed E-state index contributed by atoms with van der Waals surface area (Å²) >= 11 is 0. The summed E-state index contributed by atoms with van der Waals surface area (Å²) in [6.07, 6.45) is 0.432. The lowest BCUT2D eigenvalue weighted by Gasteiger charge is -2.31. The van der Waals surface area contributed by atoms with E-state index in [1.54, 1.807) is 0 Å². The number of fused-ring (bicyclic) bond motifs is 3. The number of carbonyl (C=O) groups excluding carboxylic acids is 2. The second-order valence-electron chi connectivity index (χ2n) is 9.86. The molecule has 0 bridgehead atoms. The van der Waals surface area contributed by atoms with Gasteiger partial charge < -0.3 is 20.5 Å². The lowest BCUT2D eigenvalue weighted by Crippen LogP contribution is -2.55. The third-order valence-corrected chi connectivity index (χ3v) is 6.14. The summed E-state index contributed by atoms with van der Waals surface area (Å²) in [5.41, 5.74) is 3.89. The van der Waals surface area contributed by atoms with Gasteiger partial charge in [0.15, 0.2) is 0 Å². The minimum Gasteiger partial charge on any atom is -0.481 e. The molecule has 0 saturated carbocycles. The van der Waals surface area contributed by atoms with Crippen LogP contribution in [0, 0.1) is 5.41 Å². The zero-order valence-corrected chi connectivity index (χ0v) is 20.3. The van der Waals surface area contributed by atoms with Crippen molar-refractivity contribution in [3.63, 3.8) is 0 Å². The Bertz CT molecular complexity index is 998. The van der Waals surface area contributed by atoms with E-state index in [9.17, 15) is 14.4 Å². The summed E-state index contributed by atoms with van der Waals surface area (Å²) in [5, 5.41) is 14.6. The summed E-state index contributed by atoms with van der Waals surface area (Å²) in [6.45, 7) is 7.60. The lowest BCUT2D eigenvalue weighted by molar-refractivity contribution is -0.138. The summed E-state index contributed by atoms with van der Waals surface area (Å²) in [5.74, 6) is -1.47. The van der Waals surface area contributed by atoms with Crippen LogP contribution >= 0.6 is 0 Å². The molecule has 0 radical (unpaired) electrons. The number of rotatable bonds is 9. The molecule has 3 rings (SSSR count). The Morgan fingerprint density at radius 2 is 1.53 bits per heavy atom. The van der Waals surface area contributed by atoms with Gasteiger partial charge in [0.05, 0.1) is 6.42 Å². The quantitative estimate of drug-likeness (QED) is 0.497. The fourth-order valence-electron chi connectivity index (χ4n) is 4.50. The van der Waals surface area contributed by atoms with Crippen LogP contribution in [0.3, 0.4) is 0 Å². The fraction of sp³-hybridized carbons (Fsp3) is 0.444. The van der Waals surface area contributed by atoms with Crippen LogP contribution in [0.2, 0.25) is 0 Å². The molecule has 1 aliphatic carbocycles. The Hall–Kier alpha value is -3.35. The van der Waals surface area contributed by atoms with Gasteiger partial charge in [-0.2, -0.15) is 0 Å². The highest BCUT2D eigenvalue weighted by atomic mass is 16.5. The van der Waals surface area contributed by atoms with E-state index in [4.69, 9.17) is 9.84 Å². The molecule has 34 heavy (non-hydrogen) atoms. The van der Waals surface area contributed by atoms with Crippen LogP contribution in [0.25, 0.3) is 11.1 Å².